The van der Waals surface area contributed by atoms with Crippen molar-refractivity contribution >= 4 is 15.9 Å². The molecule has 0 atom stereocenters. The molecule has 0 saturated carbocycles. The topological polar surface area (TPSA) is 18.5 Å². The van der Waals surface area contributed by atoms with Gasteiger partial charge >= 0.3 is 12.5 Å². The Bertz CT molecular complexity index is 729. The van der Waals surface area contributed by atoms with Crippen LogP contribution in [-0.4, -0.2) is 6.36 Å². The molecule has 2 aromatic carbocycles. The minimum absolute atomic E-state index is 0.406. The summed E-state index contributed by atoms with van der Waals surface area (Å²) in [6, 6.07) is 4.41. The minimum Gasteiger partial charge on any atom is -0.429 e. The lowest BCUT2D eigenvalue weighted by Gasteiger charge is -2.20. The van der Waals surface area contributed by atoms with Crippen molar-refractivity contribution in [3.8, 4) is 11.5 Å². The second-order valence-corrected chi connectivity index (χ2v) is 5.21. The number of hydrogen-bond donors (Lipinski definition) is 0. The number of hydrogen-bond acceptors (Lipinski definition) is 2. The molecule has 0 fully saturated rings. The summed E-state index contributed by atoms with van der Waals surface area (Å²) >= 11 is 2.64. The molecule has 10 heteroatoms. The van der Waals surface area contributed by atoms with E-state index in [1.54, 1.807) is 0 Å². The highest BCUT2D eigenvalue weighted by Crippen LogP contribution is 2.37. The third-order valence-corrected chi connectivity index (χ3v) is 3.25. The van der Waals surface area contributed by atoms with Gasteiger partial charge in [0.2, 0.25) is 0 Å². The van der Waals surface area contributed by atoms with Crippen LogP contribution in [0.1, 0.15) is 5.56 Å². The van der Waals surface area contributed by atoms with E-state index in [-0.39, 0.29) is 0 Å². The van der Waals surface area contributed by atoms with Gasteiger partial charge in [-0.25, -0.2) is 8.78 Å². The van der Waals surface area contributed by atoms with Crippen molar-refractivity contribution in [3.05, 3.63) is 58.1 Å². The highest BCUT2D eigenvalue weighted by atomic mass is 79.9. The van der Waals surface area contributed by atoms with Gasteiger partial charge in [0.05, 0.1) is 4.47 Å². The average Bonchev–Trinajstić information content (AvgIpc) is 2.43. The average molecular weight is 419 g/mol. The summed E-state index contributed by atoms with van der Waals surface area (Å²) in [7, 11) is 0. The van der Waals surface area contributed by atoms with Crippen LogP contribution in [-0.2, 0) is 6.11 Å². The van der Waals surface area contributed by atoms with Gasteiger partial charge in [-0.15, -0.1) is 13.2 Å². The molecular formula is C14H6BrF7O2. The third kappa shape index (κ3) is 4.31. The molecule has 0 aliphatic heterocycles. The molecule has 0 unspecified atom stereocenters. The first-order valence-electron chi connectivity index (χ1n) is 6.06. The highest BCUT2D eigenvalue weighted by Gasteiger charge is 2.41. The van der Waals surface area contributed by atoms with Crippen molar-refractivity contribution in [1.82, 2.24) is 0 Å². The molecule has 0 aromatic heterocycles. The number of halogens is 8. The van der Waals surface area contributed by atoms with Gasteiger partial charge in [-0.05, 0) is 52.3 Å². The summed E-state index contributed by atoms with van der Waals surface area (Å²) in [6.45, 7) is 0. The summed E-state index contributed by atoms with van der Waals surface area (Å²) in [5.41, 5.74) is -1.63. The number of alkyl halides is 5. The molecule has 0 amide bonds. The lowest BCUT2D eigenvalue weighted by molar-refractivity contribution is -0.274. The molecule has 0 aliphatic rings. The lowest BCUT2D eigenvalue weighted by Crippen LogP contribution is -2.25. The van der Waals surface area contributed by atoms with Crippen LogP contribution in [0.5, 0.6) is 11.5 Å². The van der Waals surface area contributed by atoms with E-state index in [9.17, 15) is 30.7 Å². The van der Waals surface area contributed by atoms with Crippen molar-refractivity contribution in [3.63, 3.8) is 0 Å². The van der Waals surface area contributed by atoms with Crippen molar-refractivity contribution < 1.29 is 40.2 Å². The van der Waals surface area contributed by atoms with Crippen LogP contribution in [0.4, 0.5) is 30.7 Å². The zero-order chi connectivity index (χ0) is 18.1. The first-order chi connectivity index (χ1) is 11.0. The Labute approximate surface area is 138 Å². The van der Waals surface area contributed by atoms with Crippen molar-refractivity contribution in [1.29, 1.82) is 0 Å². The smallest absolute Gasteiger partial charge is 0.429 e. The Kier molecular flexibility index (Phi) is 4.97. The van der Waals surface area contributed by atoms with Crippen LogP contribution in [0.2, 0.25) is 0 Å². The number of benzene rings is 2. The van der Waals surface area contributed by atoms with E-state index in [4.69, 9.17) is 0 Å². The van der Waals surface area contributed by atoms with E-state index in [0.29, 0.717) is 18.2 Å². The summed E-state index contributed by atoms with van der Waals surface area (Å²) in [5.74, 6) is -4.39. The zero-order valence-corrected chi connectivity index (χ0v) is 12.9. The van der Waals surface area contributed by atoms with Gasteiger partial charge in [0.25, 0.3) is 0 Å². The third-order valence-electron chi connectivity index (χ3n) is 2.64. The first kappa shape index (κ1) is 18.4. The van der Waals surface area contributed by atoms with Gasteiger partial charge in [-0.2, -0.15) is 8.78 Å². The van der Waals surface area contributed by atoms with Crippen molar-refractivity contribution in [2.24, 2.45) is 0 Å². The van der Waals surface area contributed by atoms with Crippen LogP contribution >= 0.6 is 15.9 Å². The molecule has 0 heterocycles. The lowest BCUT2D eigenvalue weighted by atomic mass is 10.2. The predicted octanol–water partition coefficient (Wildman–Crippen LogP) is 5.75. The maximum Gasteiger partial charge on any atom is 0.573 e. The molecule has 0 spiro atoms. The Hall–Kier alpha value is -1.97. The molecule has 0 N–H and O–H groups in total. The molecular weight excluding hydrogens is 413 g/mol. The fraction of sp³-hybridized carbons (Fsp3) is 0.143. The maximum atomic E-state index is 14.0. The largest absolute Gasteiger partial charge is 0.573 e. The monoisotopic (exact) mass is 418 g/mol. The van der Waals surface area contributed by atoms with Gasteiger partial charge in [0.15, 0.2) is 5.82 Å². The zero-order valence-electron chi connectivity index (χ0n) is 11.3. The normalized spacial score (nSPS) is 12.2. The Balaban J connectivity index is 2.25. The van der Waals surface area contributed by atoms with E-state index in [0.717, 1.165) is 18.2 Å². The van der Waals surface area contributed by atoms with Gasteiger partial charge in [-0.3, -0.25) is 0 Å². The van der Waals surface area contributed by atoms with Gasteiger partial charge in [0, 0.05) is 0 Å². The second kappa shape index (κ2) is 6.50. The van der Waals surface area contributed by atoms with Crippen LogP contribution in [0.3, 0.4) is 0 Å². The first-order valence-corrected chi connectivity index (χ1v) is 6.85. The Morgan fingerprint density at radius 1 is 0.750 bits per heavy atom. The number of ether oxygens (including phenoxy) is 2. The molecule has 130 valence electrons. The molecule has 0 saturated heterocycles. The number of rotatable bonds is 4. The standard InChI is InChI=1S/C14H6BrF7O2/c15-9-5-6-10(16)11(12(9)17)13(18,19)23-7-1-3-8(4-2-7)24-14(20,21)22/h1-6H. The van der Waals surface area contributed by atoms with Crippen LogP contribution in [0.15, 0.2) is 40.9 Å². The van der Waals surface area contributed by atoms with E-state index >= 15 is 0 Å². The quantitative estimate of drug-likeness (QED) is 0.464. The van der Waals surface area contributed by atoms with Gasteiger partial charge < -0.3 is 9.47 Å². The second-order valence-electron chi connectivity index (χ2n) is 4.36. The maximum absolute atomic E-state index is 14.0. The Morgan fingerprint density at radius 2 is 1.25 bits per heavy atom. The van der Waals surface area contributed by atoms with Crippen LogP contribution in [0, 0.1) is 11.6 Å². The summed E-state index contributed by atoms with van der Waals surface area (Å²) in [6.07, 6.45) is -9.35. The molecule has 0 radical (unpaired) electrons. The molecule has 0 bridgehead atoms. The summed E-state index contributed by atoms with van der Waals surface area (Å²) in [4.78, 5) is 0. The summed E-state index contributed by atoms with van der Waals surface area (Å²) < 4.78 is 98.6. The fourth-order valence-electron chi connectivity index (χ4n) is 1.70. The van der Waals surface area contributed by atoms with Crippen molar-refractivity contribution in [2.75, 3.05) is 0 Å². The Morgan fingerprint density at radius 3 is 1.75 bits per heavy atom. The van der Waals surface area contributed by atoms with Crippen molar-refractivity contribution in [2.45, 2.75) is 12.5 Å². The van der Waals surface area contributed by atoms with E-state index in [2.05, 4.69) is 25.4 Å². The SMILES string of the molecule is Fc1ccc(Br)c(F)c1C(F)(F)Oc1ccc(OC(F)(F)F)cc1. The van der Waals surface area contributed by atoms with E-state index < -0.39 is 45.6 Å². The van der Waals surface area contributed by atoms with Gasteiger partial charge in [0.1, 0.15) is 22.9 Å². The molecule has 0 aliphatic carbocycles. The van der Waals surface area contributed by atoms with Crippen LogP contribution in [0.25, 0.3) is 0 Å². The highest BCUT2D eigenvalue weighted by molar-refractivity contribution is 9.10. The summed E-state index contributed by atoms with van der Waals surface area (Å²) in [5, 5.41) is 0. The molecule has 2 rings (SSSR count). The molecule has 2 aromatic rings. The van der Waals surface area contributed by atoms with E-state index in [1.807, 2.05) is 0 Å². The van der Waals surface area contributed by atoms with E-state index in [1.165, 1.54) is 0 Å². The molecule has 24 heavy (non-hydrogen) atoms. The predicted molar refractivity (Wildman–Crippen MR) is 71.7 cm³/mol. The molecule has 2 nitrogen and oxygen atoms in total. The van der Waals surface area contributed by atoms with Gasteiger partial charge in [-0.1, -0.05) is 0 Å². The fourth-order valence-corrected chi connectivity index (χ4v) is 2.03. The van der Waals surface area contributed by atoms with Crippen LogP contribution < -0.4 is 9.47 Å². The minimum atomic E-state index is -4.95.